The number of hydrogen-bond acceptors (Lipinski definition) is 4. The molecule has 0 spiro atoms. The Hall–Kier alpha value is -2.01. The molecule has 4 nitrogen and oxygen atoms in total. The van der Waals surface area contributed by atoms with Crippen molar-refractivity contribution in [1.29, 1.82) is 0 Å². The summed E-state index contributed by atoms with van der Waals surface area (Å²) >= 11 is 1.50. The zero-order valence-corrected chi connectivity index (χ0v) is 14.0. The number of thiophene rings is 1. The van der Waals surface area contributed by atoms with Gasteiger partial charge in [0.15, 0.2) is 5.78 Å². The molecule has 23 heavy (non-hydrogen) atoms. The smallest absolute Gasteiger partial charge is 0.223 e. The number of nitrogens with zero attached hydrogens (tertiary/aromatic N) is 2. The molecule has 1 saturated carbocycles. The van der Waals surface area contributed by atoms with Crippen molar-refractivity contribution in [3.63, 3.8) is 0 Å². The van der Waals surface area contributed by atoms with Crippen LogP contribution in [0.3, 0.4) is 0 Å². The topological polar surface area (TPSA) is 50.3 Å². The molecule has 1 amide bonds. The van der Waals surface area contributed by atoms with Crippen molar-refractivity contribution < 1.29 is 9.59 Å². The summed E-state index contributed by atoms with van der Waals surface area (Å²) < 4.78 is 0. The van der Waals surface area contributed by atoms with Crippen molar-refractivity contribution in [1.82, 2.24) is 9.88 Å². The van der Waals surface area contributed by atoms with Gasteiger partial charge in [-0.15, -0.1) is 11.3 Å². The van der Waals surface area contributed by atoms with Gasteiger partial charge in [-0.1, -0.05) is 0 Å². The summed E-state index contributed by atoms with van der Waals surface area (Å²) in [7, 11) is 0. The van der Waals surface area contributed by atoms with Crippen LogP contribution in [0.2, 0.25) is 0 Å². The van der Waals surface area contributed by atoms with E-state index in [1.807, 2.05) is 36.1 Å². The molecule has 0 unspecified atom stereocenters. The summed E-state index contributed by atoms with van der Waals surface area (Å²) in [6.45, 7) is 2.59. The van der Waals surface area contributed by atoms with Crippen LogP contribution in [0.1, 0.15) is 45.8 Å². The summed E-state index contributed by atoms with van der Waals surface area (Å²) in [4.78, 5) is 32.5. The van der Waals surface area contributed by atoms with Crippen molar-refractivity contribution in [2.24, 2.45) is 0 Å². The van der Waals surface area contributed by atoms with Crippen LogP contribution >= 0.6 is 11.3 Å². The van der Waals surface area contributed by atoms with Gasteiger partial charge < -0.3 is 4.90 Å². The molecule has 0 aliphatic heterocycles. The maximum Gasteiger partial charge on any atom is 0.223 e. The Morgan fingerprint density at radius 1 is 1.17 bits per heavy atom. The number of aryl methyl sites for hydroxylation is 1. The molecule has 0 N–H and O–H groups in total. The van der Waals surface area contributed by atoms with Gasteiger partial charge in [0.25, 0.3) is 0 Å². The van der Waals surface area contributed by atoms with Crippen LogP contribution in [-0.2, 0) is 11.3 Å². The third kappa shape index (κ3) is 4.26. The van der Waals surface area contributed by atoms with Crippen LogP contribution in [-0.4, -0.2) is 27.6 Å². The lowest BCUT2D eigenvalue weighted by Crippen LogP contribution is -2.32. The number of ketones is 1. The highest BCUT2D eigenvalue weighted by atomic mass is 32.1. The molecule has 2 heterocycles. The van der Waals surface area contributed by atoms with Crippen LogP contribution in [0.5, 0.6) is 0 Å². The molecule has 1 fully saturated rings. The van der Waals surface area contributed by atoms with Crippen LogP contribution in [0.25, 0.3) is 0 Å². The zero-order chi connectivity index (χ0) is 16.2. The summed E-state index contributed by atoms with van der Waals surface area (Å²) in [5.41, 5.74) is 1.08. The van der Waals surface area contributed by atoms with Crippen molar-refractivity contribution >= 4 is 23.0 Å². The van der Waals surface area contributed by atoms with E-state index in [-0.39, 0.29) is 18.1 Å². The fourth-order valence-corrected chi connectivity index (χ4v) is 3.40. The Kier molecular flexibility index (Phi) is 4.86. The molecule has 0 atom stereocenters. The molecule has 0 aromatic carbocycles. The molecule has 0 radical (unpaired) electrons. The Balaban J connectivity index is 1.57. The molecule has 0 bridgehead atoms. The molecule has 1 aliphatic carbocycles. The number of amides is 1. The van der Waals surface area contributed by atoms with E-state index in [4.69, 9.17) is 0 Å². The predicted octanol–water partition coefficient (Wildman–Crippen LogP) is 3.61. The number of hydrogen-bond donors (Lipinski definition) is 0. The third-order valence-electron chi connectivity index (χ3n) is 3.99. The lowest BCUT2D eigenvalue weighted by Gasteiger charge is -2.22. The molecule has 2 aromatic rings. The number of carbonyl (C=O) groups is 2. The Bertz CT molecular complexity index is 692. The second-order valence-corrected chi connectivity index (χ2v) is 7.23. The van der Waals surface area contributed by atoms with Crippen LogP contribution in [0, 0.1) is 6.92 Å². The molecular weight excluding hydrogens is 308 g/mol. The van der Waals surface area contributed by atoms with Crippen molar-refractivity contribution in [2.75, 3.05) is 0 Å². The average molecular weight is 328 g/mol. The minimum atomic E-state index is 0.0658. The highest BCUT2D eigenvalue weighted by Gasteiger charge is 2.32. The number of pyridine rings is 1. The van der Waals surface area contributed by atoms with Gasteiger partial charge in [0.05, 0.1) is 4.88 Å². The second-order valence-electron chi connectivity index (χ2n) is 5.94. The summed E-state index contributed by atoms with van der Waals surface area (Å²) in [5, 5.41) is 0. The van der Waals surface area contributed by atoms with Gasteiger partial charge in [-0.3, -0.25) is 14.6 Å². The number of Topliss-reactive ketones (excluding diaryl/α,β-unsaturated/α-hetero) is 1. The molecule has 2 aromatic heterocycles. The summed E-state index contributed by atoms with van der Waals surface area (Å²) in [6.07, 6.45) is 6.20. The van der Waals surface area contributed by atoms with E-state index in [2.05, 4.69) is 4.98 Å². The van der Waals surface area contributed by atoms with Crippen molar-refractivity contribution in [3.8, 4) is 0 Å². The maximum atomic E-state index is 12.5. The highest BCUT2D eigenvalue weighted by Crippen LogP contribution is 2.29. The molecule has 1 aliphatic rings. The van der Waals surface area contributed by atoms with Crippen LogP contribution in [0.15, 0.2) is 36.7 Å². The van der Waals surface area contributed by atoms with Gasteiger partial charge in [0.1, 0.15) is 0 Å². The first-order chi connectivity index (χ1) is 11.1. The Morgan fingerprint density at radius 3 is 2.52 bits per heavy atom. The minimum absolute atomic E-state index is 0.0658. The molecule has 0 saturated heterocycles. The summed E-state index contributed by atoms with van der Waals surface area (Å²) in [6, 6.07) is 8.00. The van der Waals surface area contributed by atoms with Gasteiger partial charge in [0, 0.05) is 42.7 Å². The van der Waals surface area contributed by atoms with E-state index in [1.54, 1.807) is 12.4 Å². The number of carbonyl (C=O) groups excluding carboxylic acids is 2. The normalized spacial score (nSPS) is 13.8. The van der Waals surface area contributed by atoms with E-state index in [0.717, 1.165) is 28.2 Å². The lowest BCUT2D eigenvalue weighted by atomic mass is 10.1. The fourth-order valence-electron chi connectivity index (χ4n) is 2.56. The van der Waals surface area contributed by atoms with Crippen molar-refractivity contribution in [3.05, 3.63) is 52.0 Å². The summed E-state index contributed by atoms with van der Waals surface area (Å²) in [5.74, 6) is 0.141. The first kappa shape index (κ1) is 15.9. The Morgan fingerprint density at radius 2 is 1.91 bits per heavy atom. The SMILES string of the molecule is Cc1ccc(C(=O)CCC(=O)N(Cc2ccncc2)C2CC2)s1. The quantitative estimate of drug-likeness (QED) is 0.730. The van der Waals surface area contributed by atoms with E-state index in [1.165, 1.54) is 11.3 Å². The first-order valence-electron chi connectivity index (χ1n) is 7.91. The van der Waals surface area contributed by atoms with Crippen LogP contribution < -0.4 is 0 Å². The molecule has 120 valence electrons. The van der Waals surface area contributed by atoms with E-state index >= 15 is 0 Å². The highest BCUT2D eigenvalue weighted by molar-refractivity contribution is 7.14. The fraction of sp³-hybridized carbons (Fsp3) is 0.389. The standard InChI is InChI=1S/C18H20N2O2S/c1-13-2-6-17(23-13)16(21)5-7-18(22)20(15-3-4-15)12-14-8-10-19-11-9-14/h2,6,8-11,15H,3-5,7,12H2,1H3. The molecular formula is C18H20N2O2S. The zero-order valence-electron chi connectivity index (χ0n) is 13.2. The van der Waals surface area contributed by atoms with Gasteiger partial charge in [0.2, 0.25) is 5.91 Å². The van der Waals surface area contributed by atoms with Crippen LogP contribution in [0.4, 0.5) is 0 Å². The van der Waals surface area contributed by atoms with Gasteiger partial charge in [-0.05, 0) is 49.6 Å². The lowest BCUT2D eigenvalue weighted by molar-refractivity contribution is -0.132. The molecule has 3 rings (SSSR count). The van der Waals surface area contributed by atoms with Gasteiger partial charge in [-0.2, -0.15) is 0 Å². The monoisotopic (exact) mass is 328 g/mol. The Labute approximate surface area is 140 Å². The predicted molar refractivity (Wildman–Crippen MR) is 90.4 cm³/mol. The largest absolute Gasteiger partial charge is 0.335 e. The number of rotatable bonds is 7. The minimum Gasteiger partial charge on any atom is -0.335 e. The maximum absolute atomic E-state index is 12.5. The second kappa shape index (κ2) is 7.04. The molecule has 5 heteroatoms. The van der Waals surface area contributed by atoms with Gasteiger partial charge >= 0.3 is 0 Å². The average Bonchev–Trinajstić information content (AvgIpc) is 3.31. The van der Waals surface area contributed by atoms with Gasteiger partial charge in [-0.25, -0.2) is 0 Å². The van der Waals surface area contributed by atoms with E-state index in [9.17, 15) is 9.59 Å². The van der Waals surface area contributed by atoms with E-state index < -0.39 is 0 Å². The van der Waals surface area contributed by atoms with E-state index in [0.29, 0.717) is 19.0 Å². The first-order valence-corrected chi connectivity index (χ1v) is 8.73. The van der Waals surface area contributed by atoms with Crippen molar-refractivity contribution in [2.45, 2.75) is 45.2 Å². The third-order valence-corrected chi connectivity index (χ3v) is 5.03. The number of aromatic nitrogens is 1.